The number of aliphatic hydroxyl groups excluding tert-OH is 1. The van der Waals surface area contributed by atoms with Gasteiger partial charge < -0.3 is 21.1 Å². The predicted octanol–water partition coefficient (Wildman–Crippen LogP) is 5.64. The zero-order chi connectivity index (χ0) is 29.1. The van der Waals surface area contributed by atoms with Gasteiger partial charge in [0.2, 0.25) is 5.91 Å². The molecule has 0 bridgehead atoms. The van der Waals surface area contributed by atoms with E-state index < -0.39 is 12.1 Å². The van der Waals surface area contributed by atoms with E-state index in [1.807, 2.05) is 37.3 Å². The first-order chi connectivity index (χ1) is 18.8. The van der Waals surface area contributed by atoms with Crippen LogP contribution in [0.15, 0.2) is 54.6 Å². The summed E-state index contributed by atoms with van der Waals surface area (Å²) in [7, 11) is 0. The van der Waals surface area contributed by atoms with Gasteiger partial charge in [0.25, 0.3) is 0 Å². The van der Waals surface area contributed by atoms with Crippen LogP contribution < -0.4 is 16.0 Å². The van der Waals surface area contributed by atoms with Gasteiger partial charge in [-0.25, -0.2) is 9.97 Å². The molecule has 214 valence electrons. The molecule has 1 aromatic heterocycles. The second-order valence-electron chi connectivity index (χ2n) is 12.6. The summed E-state index contributed by atoms with van der Waals surface area (Å²) in [6, 6.07) is 18.3. The Morgan fingerprint density at radius 2 is 1.75 bits per heavy atom. The fraction of sp³-hybridized carbons (Fsp3) is 0.485. The normalized spacial score (nSPS) is 15.9. The summed E-state index contributed by atoms with van der Waals surface area (Å²) in [5.41, 5.74) is 5.43. The molecule has 1 aliphatic carbocycles. The van der Waals surface area contributed by atoms with Crippen LogP contribution in [0.2, 0.25) is 0 Å². The van der Waals surface area contributed by atoms with Gasteiger partial charge in [-0.1, -0.05) is 71.0 Å². The van der Waals surface area contributed by atoms with Gasteiger partial charge in [0, 0.05) is 42.4 Å². The average molecular weight is 544 g/mol. The quantitative estimate of drug-likeness (QED) is 0.250. The molecule has 7 heteroatoms. The molecule has 1 fully saturated rings. The SMILES string of the molecule is CC(=O)N[C@@H](Cc1ccc(Nc2cc(C)nc(C(C)C)n2)cc1)[C@@H](O)CNC1(c2cccc(C(C)(C)C)c2)CC1. The van der Waals surface area contributed by atoms with E-state index in [4.69, 9.17) is 0 Å². The summed E-state index contributed by atoms with van der Waals surface area (Å²) in [5, 5.41) is 21.2. The van der Waals surface area contributed by atoms with Crippen LogP contribution in [-0.2, 0) is 22.2 Å². The number of aromatic nitrogens is 2. The van der Waals surface area contributed by atoms with Crippen LogP contribution in [0.4, 0.5) is 11.5 Å². The molecule has 1 amide bonds. The first kappa shape index (κ1) is 29.7. The van der Waals surface area contributed by atoms with E-state index in [0.29, 0.717) is 13.0 Å². The minimum atomic E-state index is -0.733. The van der Waals surface area contributed by atoms with Crippen molar-refractivity contribution < 1.29 is 9.90 Å². The van der Waals surface area contributed by atoms with Gasteiger partial charge in [-0.15, -0.1) is 0 Å². The Hall–Kier alpha value is -3.29. The molecule has 0 saturated heterocycles. The van der Waals surface area contributed by atoms with Crippen molar-refractivity contribution in [2.24, 2.45) is 0 Å². The summed E-state index contributed by atoms with van der Waals surface area (Å²) in [4.78, 5) is 21.2. The van der Waals surface area contributed by atoms with Gasteiger partial charge in [0.15, 0.2) is 0 Å². The molecule has 40 heavy (non-hydrogen) atoms. The lowest BCUT2D eigenvalue weighted by Crippen LogP contribution is -2.49. The first-order valence-corrected chi connectivity index (χ1v) is 14.4. The Bertz CT molecular complexity index is 1310. The van der Waals surface area contributed by atoms with Crippen LogP contribution in [-0.4, -0.2) is 39.7 Å². The van der Waals surface area contributed by atoms with Crippen molar-refractivity contribution in [2.45, 2.75) is 96.7 Å². The van der Waals surface area contributed by atoms with E-state index in [0.717, 1.165) is 41.4 Å². The molecule has 3 aromatic rings. The molecular formula is C33H45N5O2. The fourth-order valence-corrected chi connectivity index (χ4v) is 5.00. The van der Waals surface area contributed by atoms with E-state index in [-0.39, 0.29) is 22.8 Å². The fourth-order valence-electron chi connectivity index (χ4n) is 5.00. The lowest BCUT2D eigenvalue weighted by molar-refractivity contribution is -0.120. The van der Waals surface area contributed by atoms with E-state index in [1.54, 1.807) is 0 Å². The maximum Gasteiger partial charge on any atom is 0.217 e. The molecule has 1 heterocycles. The number of benzene rings is 2. The number of hydrogen-bond donors (Lipinski definition) is 4. The van der Waals surface area contributed by atoms with Gasteiger partial charge in [-0.05, 0) is 60.4 Å². The van der Waals surface area contributed by atoms with E-state index in [2.05, 4.69) is 84.8 Å². The number of aliphatic hydroxyl groups is 1. The standard InChI is InChI=1S/C33H45N5O2/c1-21(2)31-35-22(3)17-30(38-31)37-27-13-11-24(12-14-27)18-28(36-23(4)39)29(40)20-34-33(15-16-33)26-10-8-9-25(19-26)32(5,6)7/h8-14,17,19,21,28-29,34,40H,15-16,18,20H2,1-7H3,(H,36,39)(H,35,37,38)/t28-,29-/m0/s1. The number of hydrogen-bond acceptors (Lipinski definition) is 6. The number of anilines is 2. The van der Waals surface area contributed by atoms with E-state index >= 15 is 0 Å². The molecule has 1 saturated carbocycles. The number of nitrogens with one attached hydrogen (secondary N) is 3. The lowest BCUT2D eigenvalue weighted by atomic mass is 9.85. The van der Waals surface area contributed by atoms with Crippen molar-refractivity contribution >= 4 is 17.4 Å². The zero-order valence-electron chi connectivity index (χ0n) is 25.0. The Balaban J connectivity index is 1.40. The Morgan fingerprint density at radius 3 is 2.35 bits per heavy atom. The van der Waals surface area contributed by atoms with Crippen molar-refractivity contribution in [2.75, 3.05) is 11.9 Å². The van der Waals surface area contributed by atoms with Crippen LogP contribution in [0.3, 0.4) is 0 Å². The van der Waals surface area contributed by atoms with Crippen LogP contribution >= 0.6 is 0 Å². The molecule has 1 aliphatic rings. The number of aryl methyl sites for hydroxylation is 1. The van der Waals surface area contributed by atoms with Crippen LogP contribution in [0.5, 0.6) is 0 Å². The summed E-state index contributed by atoms with van der Waals surface area (Å²) in [5.74, 6) is 1.68. The largest absolute Gasteiger partial charge is 0.390 e. The predicted molar refractivity (Wildman–Crippen MR) is 162 cm³/mol. The smallest absolute Gasteiger partial charge is 0.217 e. The van der Waals surface area contributed by atoms with Crippen molar-refractivity contribution in [3.8, 4) is 0 Å². The Morgan fingerprint density at radius 1 is 1.05 bits per heavy atom. The van der Waals surface area contributed by atoms with Crippen molar-refractivity contribution in [3.63, 3.8) is 0 Å². The monoisotopic (exact) mass is 543 g/mol. The molecule has 4 N–H and O–H groups in total. The van der Waals surface area contributed by atoms with Gasteiger partial charge in [-0.2, -0.15) is 0 Å². The Kier molecular flexibility index (Phi) is 8.96. The maximum atomic E-state index is 12.0. The third kappa shape index (κ3) is 7.67. The van der Waals surface area contributed by atoms with E-state index in [9.17, 15) is 9.90 Å². The maximum absolute atomic E-state index is 12.0. The van der Waals surface area contributed by atoms with Crippen molar-refractivity contribution in [1.29, 1.82) is 0 Å². The zero-order valence-corrected chi connectivity index (χ0v) is 25.0. The van der Waals surface area contributed by atoms with Crippen LogP contribution in [0.25, 0.3) is 0 Å². The third-order valence-corrected chi connectivity index (χ3v) is 7.60. The highest BCUT2D eigenvalue weighted by Gasteiger charge is 2.44. The van der Waals surface area contributed by atoms with Gasteiger partial charge in [0.05, 0.1) is 12.1 Å². The third-order valence-electron chi connectivity index (χ3n) is 7.60. The molecule has 4 rings (SSSR count). The van der Waals surface area contributed by atoms with Crippen LogP contribution in [0.1, 0.15) is 88.5 Å². The highest BCUT2D eigenvalue weighted by atomic mass is 16.3. The number of carbonyl (C=O) groups is 1. The van der Waals surface area contributed by atoms with Crippen molar-refractivity contribution in [1.82, 2.24) is 20.6 Å². The summed E-state index contributed by atoms with van der Waals surface area (Å²) >= 11 is 0. The molecule has 0 unspecified atom stereocenters. The molecular weight excluding hydrogens is 498 g/mol. The topological polar surface area (TPSA) is 99.2 Å². The van der Waals surface area contributed by atoms with Gasteiger partial charge in [-0.3, -0.25) is 4.79 Å². The molecule has 0 aliphatic heterocycles. The number of nitrogens with zero attached hydrogens (tertiary/aromatic N) is 2. The number of rotatable bonds is 11. The minimum Gasteiger partial charge on any atom is -0.390 e. The second-order valence-corrected chi connectivity index (χ2v) is 12.6. The van der Waals surface area contributed by atoms with Gasteiger partial charge >= 0.3 is 0 Å². The molecule has 2 atom stereocenters. The number of carbonyl (C=O) groups excluding carboxylic acids is 1. The summed E-state index contributed by atoms with van der Waals surface area (Å²) in [6.07, 6.45) is 1.87. The molecule has 0 radical (unpaired) electrons. The first-order valence-electron chi connectivity index (χ1n) is 14.4. The summed E-state index contributed by atoms with van der Waals surface area (Å²) in [6.45, 7) is 14.7. The highest BCUT2D eigenvalue weighted by Crippen LogP contribution is 2.46. The number of amides is 1. The molecule has 0 spiro atoms. The Labute approximate surface area is 239 Å². The summed E-state index contributed by atoms with van der Waals surface area (Å²) < 4.78 is 0. The van der Waals surface area contributed by atoms with Crippen molar-refractivity contribution in [3.05, 3.63) is 82.8 Å². The van der Waals surface area contributed by atoms with E-state index in [1.165, 1.54) is 18.1 Å². The minimum absolute atomic E-state index is 0.0813. The average Bonchev–Trinajstić information content (AvgIpc) is 3.68. The van der Waals surface area contributed by atoms with Crippen LogP contribution in [0, 0.1) is 6.92 Å². The molecule has 2 aromatic carbocycles. The van der Waals surface area contributed by atoms with Gasteiger partial charge in [0.1, 0.15) is 11.6 Å². The highest BCUT2D eigenvalue weighted by molar-refractivity contribution is 5.73. The lowest BCUT2D eigenvalue weighted by Gasteiger charge is -2.28. The second kappa shape index (κ2) is 12.1. The molecule has 7 nitrogen and oxygen atoms in total.